The predicted octanol–water partition coefficient (Wildman–Crippen LogP) is 4.96. The SMILES string of the molecule is C#Cc1ccc(C(C(=O)Nc2ccccc2C)N(C)C(=O)C(Cc2ccc(O)cc2)NC(=O)OC(C)(C)C)cc1. The number of phenolic OH excluding ortho intramolecular Hbond substituents is 1. The fourth-order valence-electron chi connectivity index (χ4n) is 4.12. The number of nitrogens with zero attached hydrogens (tertiary/aromatic N) is 1. The van der Waals surface area contributed by atoms with Crippen LogP contribution in [0.1, 0.15) is 49.1 Å². The van der Waals surface area contributed by atoms with Crippen LogP contribution in [0, 0.1) is 19.3 Å². The molecular formula is C32H35N3O5. The number of terminal acetylenes is 1. The summed E-state index contributed by atoms with van der Waals surface area (Å²) in [4.78, 5) is 41.7. The molecule has 0 fully saturated rings. The second kappa shape index (κ2) is 12.9. The molecule has 2 unspecified atom stereocenters. The highest BCUT2D eigenvalue weighted by atomic mass is 16.6. The monoisotopic (exact) mass is 541 g/mol. The number of para-hydroxylation sites is 1. The van der Waals surface area contributed by atoms with Crippen molar-refractivity contribution < 1.29 is 24.2 Å². The third-order valence-corrected chi connectivity index (χ3v) is 6.14. The van der Waals surface area contributed by atoms with Gasteiger partial charge in [-0.15, -0.1) is 6.42 Å². The number of anilines is 1. The second-order valence-electron chi connectivity index (χ2n) is 10.5. The topological polar surface area (TPSA) is 108 Å². The van der Waals surface area contributed by atoms with Crippen molar-refractivity contribution in [2.45, 2.75) is 51.8 Å². The van der Waals surface area contributed by atoms with Crippen LogP contribution in [0.3, 0.4) is 0 Å². The van der Waals surface area contributed by atoms with E-state index in [0.717, 1.165) is 5.56 Å². The van der Waals surface area contributed by atoms with Crippen LogP contribution in [0.2, 0.25) is 0 Å². The molecule has 3 rings (SSSR count). The fourth-order valence-corrected chi connectivity index (χ4v) is 4.12. The van der Waals surface area contributed by atoms with Crippen molar-refractivity contribution in [3.8, 4) is 18.1 Å². The van der Waals surface area contributed by atoms with Gasteiger partial charge in [-0.2, -0.15) is 0 Å². The molecule has 0 saturated heterocycles. The first-order valence-corrected chi connectivity index (χ1v) is 12.8. The van der Waals surface area contributed by atoms with Crippen molar-refractivity contribution in [1.82, 2.24) is 10.2 Å². The first kappa shape index (κ1) is 29.8. The number of hydrogen-bond donors (Lipinski definition) is 3. The summed E-state index contributed by atoms with van der Waals surface area (Å²) >= 11 is 0. The highest BCUT2D eigenvalue weighted by Gasteiger charge is 2.34. The number of nitrogens with one attached hydrogen (secondary N) is 2. The van der Waals surface area contributed by atoms with Gasteiger partial charge in [0.2, 0.25) is 5.91 Å². The van der Waals surface area contributed by atoms with Crippen LogP contribution in [-0.4, -0.2) is 46.6 Å². The molecule has 8 heteroatoms. The van der Waals surface area contributed by atoms with Crippen LogP contribution >= 0.6 is 0 Å². The van der Waals surface area contributed by atoms with E-state index in [1.165, 1.54) is 24.1 Å². The van der Waals surface area contributed by atoms with Crippen molar-refractivity contribution >= 4 is 23.6 Å². The second-order valence-corrected chi connectivity index (χ2v) is 10.5. The molecule has 0 aliphatic rings. The van der Waals surface area contributed by atoms with Gasteiger partial charge < -0.3 is 25.4 Å². The molecule has 208 valence electrons. The summed E-state index contributed by atoms with van der Waals surface area (Å²) in [7, 11) is 1.51. The largest absolute Gasteiger partial charge is 0.508 e. The van der Waals surface area contributed by atoms with E-state index in [-0.39, 0.29) is 12.2 Å². The van der Waals surface area contributed by atoms with Gasteiger partial charge in [-0.25, -0.2) is 4.79 Å². The van der Waals surface area contributed by atoms with Crippen molar-refractivity contribution in [2.75, 3.05) is 12.4 Å². The normalized spacial score (nSPS) is 12.4. The Bertz CT molecular complexity index is 1390. The average molecular weight is 542 g/mol. The molecule has 40 heavy (non-hydrogen) atoms. The highest BCUT2D eigenvalue weighted by Crippen LogP contribution is 2.25. The van der Waals surface area contributed by atoms with E-state index in [1.807, 2.05) is 25.1 Å². The van der Waals surface area contributed by atoms with Crippen molar-refractivity contribution in [3.63, 3.8) is 0 Å². The number of amides is 3. The van der Waals surface area contributed by atoms with Crippen molar-refractivity contribution in [1.29, 1.82) is 0 Å². The van der Waals surface area contributed by atoms with E-state index in [1.54, 1.807) is 63.2 Å². The number of alkyl carbamates (subject to hydrolysis) is 1. The van der Waals surface area contributed by atoms with Gasteiger partial charge in [0.25, 0.3) is 5.91 Å². The molecule has 2 atom stereocenters. The van der Waals surface area contributed by atoms with Crippen molar-refractivity contribution in [2.24, 2.45) is 0 Å². The van der Waals surface area contributed by atoms with Gasteiger partial charge in [0.1, 0.15) is 23.4 Å². The summed E-state index contributed by atoms with van der Waals surface area (Å²) in [6.07, 6.45) is 4.85. The number of carbonyl (C=O) groups excluding carboxylic acids is 3. The summed E-state index contributed by atoms with van der Waals surface area (Å²) in [5, 5.41) is 15.3. The van der Waals surface area contributed by atoms with E-state index in [9.17, 15) is 19.5 Å². The summed E-state index contributed by atoms with van der Waals surface area (Å²) in [6, 6.07) is 18.4. The number of benzene rings is 3. The zero-order valence-corrected chi connectivity index (χ0v) is 23.4. The number of aromatic hydroxyl groups is 1. The number of phenols is 1. The molecule has 0 saturated carbocycles. The van der Waals surface area contributed by atoms with Crippen LogP contribution in [0.15, 0.2) is 72.8 Å². The van der Waals surface area contributed by atoms with Gasteiger partial charge >= 0.3 is 6.09 Å². The maximum atomic E-state index is 14.0. The molecule has 0 aromatic heterocycles. The average Bonchev–Trinajstić information content (AvgIpc) is 2.90. The number of ether oxygens (including phenoxy) is 1. The lowest BCUT2D eigenvalue weighted by Crippen LogP contribution is -2.52. The number of rotatable bonds is 8. The summed E-state index contributed by atoms with van der Waals surface area (Å²) in [6.45, 7) is 7.05. The Hall–Kier alpha value is -4.77. The molecule has 3 aromatic carbocycles. The maximum absolute atomic E-state index is 14.0. The lowest BCUT2D eigenvalue weighted by atomic mass is 10.00. The van der Waals surface area contributed by atoms with Gasteiger partial charge in [-0.3, -0.25) is 9.59 Å². The predicted molar refractivity (Wildman–Crippen MR) is 155 cm³/mol. The lowest BCUT2D eigenvalue weighted by Gasteiger charge is -2.32. The number of likely N-dealkylation sites (N-methyl/N-ethyl adjacent to an activating group) is 1. The first-order chi connectivity index (χ1) is 18.9. The summed E-state index contributed by atoms with van der Waals surface area (Å²) in [5.41, 5.74) is 2.57. The Morgan fingerprint density at radius 2 is 1.62 bits per heavy atom. The lowest BCUT2D eigenvalue weighted by molar-refractivity contribution is -0.139. The van der Waals surface area contributed by atoms with Crippen molar-refractivity contribution in [3.05, 3.63) is 95.1 Å². The molecule has 3 aromatic rings. The third kappa shape index (κ3) is 8.11. The Balaban J connectivity index is 1.97. The number of carbonyl (C=O) groups is 3. The van der Waals surface area contributed by atoms with Crippen LogP contribution in [-0.2, 0) is 20.7 Å². The smallest absolute Gasteiger partial charge is 0.408 e. The Morgan fingerprint density at radius 1 is 1.00 bits per heavy atom. The molecule has 0 heterocycles. The van der Waals surface area contributed by atoms with E-state index >= 15 is 0 Å². The minimum absolute atomic E-state index is 0.0761. The zero-order valence-electron chi connectivity index (χ0n) is 23.4. The van der Waals surface area contributed by atoms with Crippen LogP contribution in [0.25, 0.3) is 0 Å². The number of aryl methyl sites for hydroxylation is 1. The standard InChI is InChI=1S/C32H35N3O5/c1-7-22-12-16-24(17-13-22)28(29(37)33-26-11-9-8-10-21(26)2)35(6)30(38)27(34-31(39)40-32(3,4)5)20-23-14-18-25(36)19-15-23/h1,8-19,27-28,36H,20H2,2-6H3,(H,33,37)(H,34,39). The van der Waals surface area contributed by atoms with Crippen LogP contribution in [0.5, 0.6) is 5.75 Å². The third-order valence-electron chi connectivity index (χ3n) is 6.14. The van der Waals surface area contributed by atoms with Gasteiger partial charge in [-0.1, -0.05) is 48.4 Å². The van der Waals surface area contributed by atoms with Gasteiger partial charge in [-0.05, 0) is 74.7 Å². The molecule has 8 nitrogen and oxygen atoms in total. The van der Waals surface area contributed by atoms with Gasteiger partial charge in [0.15, 0.2) is 0 Å². The molecule has 0 aliphatic heterocycles. The minimum Gasteiger partial charge on any atom is -0.508 e. The first-order valence-electron chi connectivity index (χ1n) is 12.8. The van der Waals surface area contributed by atoms with Gasteiger partial charge in [0, 0.05) is 24.7 Å². The van der Waals surface area contributed by atoms with E-state index in [0.29, 0.717) is 22.4 Å². The van der Waals surface area contributed by atoms with Crippen LogP contribution < -0.4 is 10.6 Å². The molecule has 3 amide bonds. The quantitative estimate of drug-likeness (QED) is 0.350. The minimum atomic E-state index is -1.07. The molecule has 0 spiro atoms. The molecule has 0 radical (unpaired) electrons. The molecule has 0 bridgehead atoms. The highest BCUT2D eigenvalue weighted by molar-refractivity contribution is 5.99. The van der Waals surface area contributed by atoms with E-state index in [2.05, 4.69) is 16.6 Å². The maximum Gasteiger partial charge on any atom is 0.408 e. The molecule has 0 aliphatic carbocycles. The van der Waals surface area contributed by atoms with Crippen LogP contribution in [0.4, 0.5) is 10.5 Å². The fraction of sp³-hybridized carbons (Fsp3) is 0.281. The van der Waals surface area contributed by atoms with E-state index in [4.69, 9.17) is 11.2 Å². The Kier molecular flexibility index (Phi) is 9.57. The molecular weight excluding hydrogens is 506 g/mol. The summed E-state index contributed by atoms with van der Waals surface area (Å²) in [5.74, 6) is 1.69. The summed E-state index contributed by atoms with van der Waals surface area (Å²) < 4.78 is 5.41. The van der Waals surface area contributed by atoms with E-state index < -0.39 is 35.6 Å². The molecule has 3 N–H and O–H groups in total. The zero-order chi connectivity index (χ0) is 29.4. The Labute approximate surface area is 235 Å². The Morgan fingerprint density at radius 3 is 2.20 bits per heavy atom. The van der Waals surface area contributed by atoms with Gasteiger partial charge in [0.05, 0.1) is 0 Å². The number of hydrogen-bond acceptors (Lipinski definition) is 5.